The summed E-state index contributed by atoms with van der Waals surface area (Å²) in [7, 11) is 0. The maximum absolute atomic E-state index is 5.06. The van der Waals surface area contributed by atoms with Gasteiger partial charge in [-0.25, -0.2) is 33.1 Å². The second-order valence-corrected chi connectivity index (χ2v) is 16.2. The molecule has 10 heterocycles. The quantitative estimate of drug-likeness (QED) is 0.243. The second kappa shape index (κ2) is 12.0. The van der Waals surface area contributed by atoms with Gasteiger partial charge in [-0.2, -0.15) is 15.3 Å². The highest BCUT2D eigenvalue weighted by Gasteiger charge is 2.29. The molecule has 2 aliphatic heterocycles. The lowest BCUT2D eigenvalue weighted by Crippen LogP contribution is -2.48. The Balaban J connectivity index is 0.826. The van der Waals surface area contributed by atoms with Gasteiger partial charge in [0.05, 0.1) is 34.0 Å². The van der Waals surface area contributed by atoms with Gasteiger partial charge in [0, 0.05) is 37.4 Å². The number of fused-ring (bicyclic) bond motifs is 4. The van der Waals surface area contributed by atoms with Crippen LogP contribution in [0.25, 0.3) is 42.4 Å². The van der Waals surface area contributed by atoms with Crippen LogP contribution in [0, 0.1) is 27.7 Å². The Morgan fingerprint density at radius 2 is 1.29 bits per heavy atom. The molecule has 2 saturated heterocycles. The Morgan fingerprint density at radius 1 is 0.686 bits per heavy atom. The predicted octanol–water partition coefficient (Wildman–Crippen LogP) is 4.74. The Hall–Kier alpha value is -4.64. The first kappa shape index (κ1) is 31.1. The van der Waals surface area contributed by atoms with Crippen LogP contribution >= 0.6 is 22.7 Å². The van der Waals surface area contributed by atoms with E-state index in [-0.39, 0.29) is 0 Å². The molecule has 51 heavy (non-hydrogen) atoms. The number of nitrogens with one attached hydrogen (secondary N) is 1. The third-order valence-electron chi connectivity index (χ3n) is 10.5. The van der Waals surface area contributed by atoms with Crippen molar-refractivity contribution in [2.75, 3.05) is 26.2 Å². The summed E-state index contributed by atoms with van der Waals surface area (Å²) in [4.78, 5) is 21.0. The number of hydrogen-bond donors (Lipinski definition) is 1. The van der Waals surface area contributed by atoms with Crippen LogP contribution in [0.4, 0.5) is 0 Å². The molecular formula is C35H39N14S2+. The number of hydrogen-bond acceptors (Lipinski definition) is 11. The van der Waals surface area contributed by atoms with Crippen molar-refractivity contribution in [3.8, 4) is 21.1 Å². The van der Waals surface area contributed by atoms with Gasteiger partial charge >= 0.3 is 5.65 Å². The molecule has 8 aromatic rings. The van der Waals surface area contributed by atoms with E-state index in [1.54, 1.807) is 22.7 Å². The van der Waals surface area contributed by atoms with E-state index in [1.807, 2.05) is 31.2 Å². The smallest absolute Gasteiger partial charge is 0.311 e. The van der Waals surface area contributed by atoms with Crippen LogP contribution < -0.4 is 9.88 Å². The molecule has 0 aromatic carbocycles. The number of aromatic nitrogens is 12. The van der Waals surface area contributed by atoms with Crippen LogP contribution in [-0.2, 0) is 6.67 Å². The van der Waals surface area contributed by atoms with Gasteiger partial charge in [0.2, 0.25) is 9.92 Å². The van der Waals surface area contributed by atoms with E-state index in [1.165, 1.54) is 11.3 Å². The molecule has 2 fully saturated rings. The zero-order valence-electron chi connectivity index (χ0n) is 29.1. The summed E-state index contributed by atoms with van der Waals surface area (Å²) in [6, 6.07) is 4.30. The van der Waals surface area contributed by atoms with Crippen molar-refractivity contribution in [3.05, 3.63) is 71.1 Å². The van der Waals surface area contributed by atoms with Gasteiger partial charge < -0.3 is 5.32 Å². The number of aryl methyl sites for hydroxylation is 4. The van der Waals surface area contributed by atoms with E-state index < -0.39 is 0 Å². The van der Waals surface area contributed by atoms with Gasteiger partial charge in [0.1, 0.15) is 23.8 Å². The fourth-order valence-electron chi connectivity index (χ4n) is 7.77. The molecule has 0 aliphatic carbocycles. The molecule has 2 aliphatic rings. The van der Waals surface area contributed by atoms with E-state index in [4.69, 9.17) is 30.4 Å². The van der Waals surface area contributed by atoms with Crippen molar-refractivity contribution >= 4 is 43.9 Å². The van der Waals surface area contributed by atoms with Crippen molar-refractivity contribution in [1.29, 1.82) is 0 Å². The molecule has 1 N–H and O–H groups in total. The summed E-state index contributed by atoms with van der Waals surface area (Å²) >= 11 is 3.29. The van der Waals surface area contributed by atoms with Crippen molar-refractivity contribution in [1.82, 2.24) is 63.6 Å². The van der Waals surface area contributed by atoms with Crippen LogP contribution in [0.5, 0.6) is 0 Å². The SMILES string of the molecule is Cc1cn2nc(-c3cn4nc(C5CCN(C[n+]6c(C)cn7nc(-c8cn9nc(C%10CCNCC%10)nc9s8)cc(C)c76)CC5)nc4s3)cc(C)c2n1. The van der Waals surface area contributed by atoms with Crippen LogP contribution in [-0.4, -0.2) is 84.5 Å². The fourth-order valence-corrected chi connectivity index (χ4v) is 9.53. The lowest BCUT2D eigenvalue weighted by atomic mass is 9.96. The van der Waals surface area contributed by atoms with Crippen molar-refractivity contribution in [2.24, 2.45) is 0 Å². The van der Waals surface area contributed by atoms with E-state index in [0.717, 1.165) is 124 Å². The molecule has 0 radical (unpaired) electrons. The molecule has 8 aromatic heterocycles. The molecule has 0 spiro atoms. The molecule has 0 amide bonds. The average molecular weight is 720 g/mol. The molecule has 0 saturated carbocycles. The summed E-state index contributed by atoms with van der Waals surface area (Å²) in [6.07, 6.45) is 12.5. The zero-order valence-corrected chi connectivity index (χ0v) is 30.7. The average Bonchev–Trinajstić information content (AvgIpc) is 3.96. The third kappa shape index (κ3) is 5.43. The molecular weight excluding hydrogens is 681 g/mol. The van der Waals surface area contributed by atoms with Gasteiger partial charge in [0.25, 0.3) is 0 Å². The Labute approximate surface area is 301 Å². The van der Waals surface area contributed by atoms with Crippen LogP contribution in [0.2, 0.25) is 0 Å². The summed E-state index contributed by atoms with van der Waals surface area (Å²) in [5.41, 5.74) is 8.35. The lowest BCUT2D eigenvalue weighted by molar-refractivity contribution is -0.697. The topological polar surface area (TPSA) is 127 Å². The number of imidazole rings is 2. The monoisotopic (exact) mass is 719 g/mol. The molecule has 16 heteroatoms. The zero-order chi connectivity index (χ0) is 34.4. The van der Waals surface area contributed by atoms with Gasteiger partial charge in [-0.3, -0.25) is 4.90 Å². The number of nitrogens with zero attached hydrogens (tertiary/aromatic N) is 13. The van der Waals surface area contributed by atoms with Crippen LogP contribution in [0.15, 0.2) is 36.9 Å². The number of piperidine rings is 2. The van der Waals surface area contributed by atoms with Gasteiger partial charge in [-0.1, -0.05) is 27.8 Å². The normalized spacial score (nSPS) is 16.9. The molecule has 10 rings (SSSR count). The molecule has 0 unspecified atom stereocenters. The van der Waals surface area contributed by atoms with Crippen LogP contribution in [0.3, 0.4) is 0 Å². The van der Waals surface area contributed by atoms with Crippen molar-refractivity contribution < 1.29 is 4.57 Å². The minimum Gasteiger partial charge on any atom is -0.317 e. The standard InChI is InChI=1S/C35H39N14S2/c1-20-13-26(40-46-15-22(3)37-32(20)46)28-17-49-35(50-28)39-31(43-49)25-7-11-44(12-8-25)19-45-23(4)16-47-33(45)21(2)14-27(41-47)29-18-48-34(51-29)38-30(42-48)24-5-9-36-10-6-24/h13-18,24-25,36H,5-12,19H2,1-4H3/q+1. The maximum atomic E-state index is 5.06. The predicted molar refractivity (Wildman–Crippen MR) is 195 cm³/mol. The van der Waals surface area contributed by atoms with Crippen molar-refractivity contribution in [2.45, 2.75) is 71.9 Å². The number of likely N-dealkylation sites (tertiary alicyclic amines) is 1. The third-order valence-corrected chi connectivity index (χ3v) is 12.5. The first-order valence-electron chi connectivity index (χ1n) is 17.7. The summed E-state index contributed by atoms with van der Waals surface area (Å²) in [5, 5.41) is 23.1. The second-order valence-electron chi connectivity index (χ2n) is 14.2. The van der Waals surface area contributed by atoms with Gasteiger partial charge in [-0.05, 0) is 77.2 Å². The Kier molecular flexibility index (Phi) is 7.30. The highest BCUT2D eigenvalue weighted by molar-refractivity contribution is 7.20. The molecule has 14 nitrogen and oxygen atoms in total. The Morgan fingerprint density at radius 3 is 1.94 bits per heavy atom. The summed E-state index contributed by atoms with van der Waals surface area (Å²) in [6.45, 7) is 13.3. The Bertz CT molecular complexity index is 2520. The van der Waals surface area contributed by atoms with Gasteiger partial charge in [-0.15, -0.1) is 4.52 Å². The van der Waals surface area contributed by atoms with Crippen LogP contribution in [0.1, 0.15) is 71.7 Å². The molecule has 0 bridgehead atoms. The summed E-state index contributed by atoms with van der Waals surface area (Å²) < 4.78 is 10.2. The highest BCUT2D eigenvalue weighted by Crippen LogP contribution is 2.33. The number of thiazole rings is 2. The van der Waals surface area contributed by atoms with E-state index in [9.17, 15) is 0 Å². The number of rotatable bonds is 6. The largest absolute Gasteiger partial charge is 0.317 e. The summed E-state index contributed by atoms with van der Waals surface area (Å²) in [5.74, 6) is 2.71. The fraction of sp³-hybridized carbons (Fsp3) is 0.429. The first-order valence-corrected chi connectivity index (χ1v) is 19.4. The minimum atomic E-state index is 0.349. The highest BCUT2D eigenvalue weighted by atomic mass is 32.1. The van der Waals surface area contributed by atoms with Gasteiger partial charge in [0.15, 0.2) is 23.5 Å². The lowest BCUT2D eigenvalue weighted by Gasteiger charge is -2.29. The van der Waals surface area contributed by atoms with Crippen molar-refractivity contribution in [3.63, 3.8) is 0 Å². The molecule has 260 valence electrons. The first-order chi connectivity index (χ1) is 24.8. The minimum absolute atomic E-state index is 0.349. The van der Waals surface area contributed by atoms with E-state index >= 15 is 0 Å². The molecule has 0 atom stereocenters. The van der Waals surface area contributed by atoms with E-state index in [2.05, 4.69) is 71.3 Å². The van der Waals surface area contributed by atoms with E-state index in [0.29, 0.717) is 11.8 Å². The maximum Gasteiger partial charge on any atom is 0.311 e.